The molecule has 7 nitrogen and oxygen atoms in total. The van der Waals surface area contributed by atoms with E-state index >= 15 is 0 Å². The van der Waals surface area contributed by atoms with Crippen LogP contribution in [0, 0.1) is 0 Å². The zero-order chi connectivity index (χ0) is 21.3. The van der Waals surface area contributed by atoms with Crippen molar-refractivity contribution in [1.29, 1.82) is 0 Å². The summed E-state index contributed by atoms with van der Waals surface area (Å²) in [7, 11) is -3.97. The first-order chi connectivity index (χ1) is 14.3. The maximum Gasteiger partial charge on any atom is 0.264 e. The number of sulfonamides is 1. The van der Waals surface area contributed by atoms with Crippen molar-refractivity contribution in [1.82, 2.24) is 9.38 Å². The number of carbonyl (C=O) groups is 1. The molecule has 2 aromatic carbocycles. The van der Waals surface area contributed by atoms with Crippen molar-refractivity contribution < 1.29 is 13.2 Å². The van der Waals surface area contributed by atoms with Crippen LogP contribution in [0.3, 0.4) is 0 Å². The van der Waals surface area contributed by atoms with Gasteiger partial charge in [0.25, 0.3) is 10.0 Å². The minimum atomic E-state index is -3.97. The van der Waals surface area contributed by atoms with Crippen LogP contribution in [0.15, 0.2) is 65.1 Å². The molecule has 0 atom stereocenters. The third kappa shape index (κ3) is 4.44. The lowest BCUT2D eigenvalue weighted by Gasteiger charge is -2.11. The summed E-state index contributed by atoms with van der Waals surface area (Å²) in [5.74, 6) is -0.225. The van der Waals surface area contributed by atoms with Gasteiger partial charge in [-0.15, -0.1) is 11.3 Å². The van der Waals surface area contributed by atoms with Gasteiger partial charge in [-0.2, -0.15) is 0 Å². The maximum atomic E-state index is 12.6. The molecular weight excluding hydrogens is 467 g/mol. The summed E-state index contributed by atoms with van der Waals surface area (Å²) in [6.07, 6.45) is 3.82. The Hall–Kier alpha value is -2.59. The van der Waals surface area contributed by atoms with E-state index < -0.39 is 10.0 Å². The second-order valence-corrected chi connectivity index (χ2v) is 9.59. The normalized spacial score (nSPS) is 11.5. The SMILES string of the molecule is O=C(Cc1cn2ccsc2n1)Nc1ccc(NS(=O)(=O)c2c(Cl)cccc2Cl)cc1. The van der Waals surface area contributed by atoms with Crippen molar-refractivity contribution in [3.63, 3.8) is 0 Å². The monoisotopic (exact) mass is 480 g/mol. The van der Waals surface area contributed by atoms with Gasteiger partial charge in [0.15, 0.2) is 4.96 Å². The molecule has 4 rings (SSSR count). The number of carbonyl (C=O) groups excluding carboxylic acids is 1. The Morgan fingerprint density at radius 1 is 1.07 bits per heavy atom. The van der Waals surface area contributed by atoms with E-state index in [1.165, 1.54) is 35.6 Å². The van der Waals surface area contributed by atoms with Gasteiger partial charge in [0, 0.05) is 29.1 Å². The lowest BCUT2D eigenvalue weighted by Crippen LogP contribution is -2.15. The number of halogens is 2. The average molecular weight is 481 g/mol. The van der Waals surface area contributed by atoms with E-state index in [-0.39, 0.29) is 27.3 Å². The zero-order valence-electron chi connectivity index (χ0n) is 15.2. The lowest BCUT2D eigenvalue weighted by atomic mass is 10.2. The Morgan fingerprint density at radius 3 is 2.40 bits per heavy atom. The van der Waals surface area contributed by atoms with Gasteiger partial charge >= 0.3 is 0 Å². The van der Waals surface area contributed by atoms with Crippen LogP contribution < -0.4 is 10.0 Å². The van der Waals surface area contributed by atoms with E-state index in [0.717, 1.165) is 4.96 Å². The Morgan fingerprint density at radius 2 is 1.73 bits per heavy atom. The molecule has 0 aliphatic heterocycles. The molecule has 11 heteroatoms. The van der Waals surface area contributed by atoms with Crippen LogP contribution in [-0.2, 0) is 21.2 Å². The molecule has 4 aromatic rings. The molecule has 0 aliphatic carbocycles. The van der Waals surface area contributed by atoms with Gasteiger partial charge in [0.1, 0.15) is 4.90 Å². The zero-order valence-corrected chi connectivity index (χ0v) is 18.3. The fraction of sp³-hybridized carbons (Fsp3) is 0.0526. The molecule has 0 saturated heterocycles. The van der Waals surface area contributed by atoms with E-state index in [2.05, 4.69) is 15.0 Å². The van der Waals surface area contributed by atoms with Crippen LogP contribution in [0.5, 0.6) is 0 Å². The molecule has 0 saturated carbocycles. The van der Waals surface area contributed by atoms with Crippen molar-refractivity contribution in [3.8, 4) is 0 Å². The number of fused-ring (bicyclic) bond motifs is 1. The van der Waals surface area contributed by atoms with E-state index in [4.69, 9.17) is 23.2 Å². The number of thiazole rings is 1. The molecule has 0 spiro atoms. The lowest BCUT2D eigenvalue weighted by molar-refractivity contribution is -0.115. The average Bonchev–Trinajstić information content (AvgIpc) is 3.24. The summed E-state index contributed by atoms with van der Waals surface area (Å²) in [5, 5.41) is 4.73. The Kier molecular flexibility index (Phi) is 5.70. The molecule has 0 bridgehead atoms. The van der Waals surface area contributed by atoms with Gasteiger partial charge in [0.05, 0.1) is 22.2 Å². The minimum Gasteiger partial charge on any atom is -0.326 e. The standard InChI is InChI=1S/C19H14Cl2N4O3S2/c20-15-2-1-3-16(21)18(15)30(27,28)24-13-6-4-12(5-7-13)22-17(26)10-14-11-25-8-9-29-19(25)23-14/h1-9,11,24H,10H2,(H,22,26). The molecule has 2 heterocycles. The summed E-state index contributed by atoms with van der Waals surface area (Å²) in [6.45, 7) is 0. The number of nitrogens with zero attached hydrogens (tertiary/aromatic N) is 2. The van der Waals surface area contributed by atoms with Crippen molar-refractivity contribution in [3.05, 3.63) is 76.0 Å². The van der Waals surface area contributed by atoms with Gasteiger partial charge < -0.3 is 5.32 Å². The number of nitrogens with one attached hydrogen (secondary N) is 2. The quantitative estimate of drug-likeness (QED) is 0.418. The smallest absolute Gasteiger partial charge is 0.264 e. The summed E-state index contributed by atoms with van der Waals surface area (Å²) in [6, 6.07) is 10.7. The Labute approximate surface area is 186 Å². The highest BCUT2D eigenvalue weighted by Gasteiger charge is 2.21. The number of hydrogen-bond acceptors (Lipinski definition) is 5. The molecule has 0 radical (unpaired) electrons. The number of amides is 1. The van der Waals surface area contributed by atoms with E-state index in [1.54, 1.807) is 18.2 Å². The van der Waals surface area contributed by atoms with Crippen LogP contribution >= 0.6 is 34.5 Å². The maximum absolute atomic E-state index is 12.6. The van der Waals surface area contributed by atoms with Crippen LogP contribution in [0.1, 0.15) is 5.69 Å². The van der Waals surface area contributed by atoms with Crippen LogP contribution in [0.4, 0.5) is 11.4 Å². The number of benzene rings is 2. The number of aromatic nitrogens is 2. The molecule has 2 N–H and O–H groups in total. The topological polar surface area (TPSA) is 92.6 Å². The van der Waals surface area contributed by atoms with Crippen LogP contribution in [0.25, 0.3) is 4.96 Å². The molecule has 154 valence electrons. The van der Waals surface area contributed by atoms with Crippen molar-refractivity contribution in [2.45, 2.75) is 11.3 Å². The second-order valence-electron chi connectivity index (χ2n) is 6.28. The molecule has 0 aliphatic rings. The van der Waals surface area contributed by atoms with E-state index in [1.807, 2.05) is 22.2 Å². The number of imidazole rings is 1. The largest absolute Gasteiger partial charge is 0.326 e. The molecule has 0 fully saturated rings. The first-order valence-electron chi connectivity index (χ1n) is 8.60. The fourth-order valence-corrected chi connectivity index (χ4v) is 5.72. The van der Waals surface area contributed by atoms with Gasteiger partial charge in [-0.05, 0) is 36.4 Å². The highest BCUT2D eigenvalue weighted by Crippen LogP contribution is 2.30. The van der Waals surface area contributed by atoms with Crippen molar-refractivity contribution in [2.24, 2.45) is 0 Å². The summed E-state index contributed by atoms with van der Waals surface area (Å²) in [4.78, 5) is 17.3. The van der Waals surface area contributed by atoms with E-state index in [9.17, 15) is 13.2 Å². The highest BCUT2D eigenvalue weighted by atomic mass is 35.5. The highest BCUT2D eigenvalue weighted by molar-refractivity contribution is 7.93. The molecule has 0 unspecified atom stereocenters. The first-order valence-corrected chi connectivity index (χ1v) is 11.7. The number of hydrogen-bond donors (Lipinski definition) is 2. The molecular formula is C19H14Cl2N4O3S2. The first kappa shape index (κ1) is 20.7. The third-order valence-corrected chi connectivity index (χ3v) is 7.20. The predicted octanol–water partition coefficient (Wildman–Crippen LogP) is 4.68. The third-order valence-electron chi connectivity index (χ3n) is 4.09. The predicted molar refractivity (Wildman–Crippen MR) is 119 cm³/mol. The van der Waals surface area contributed by atoms with Crippen LogP contribution in [0.2, 0.25) is 10.0 Å². The molecule has 1 amide bonds. The Balaban J connectivity index is 1.42. The van der Waals surface area contributed by atoms with Gasteiger partial charge in [0.2, 0.25) is 5.91 Å². The number of rotatable bonds is 6. The Bertz CT molecular complexity index is 1280. The van der Waals surface area contributed by atoms with Crippen LogP contribution in [-0.4, -0.2) is 23.7 Å². The van der Waals surface area contributed by atoms with Gasteiger partial charge in [-0.3, -0.25) is 13.9 Å². The summed E-state index contributed by atoms with van der Waals surface area (Å²) in [5.41, 5.74) is 1.50. The van der Waals surface area contributed by atoms with E-state index in [0.29, 0.717) is 17.1 Å². The number of anilines is 2. The fourth-order valence-electron chi connectivity index (χ4n) is 2.80. The van der Waals surface area contributed by atoms with Crippen molar-refractivity contribution >= 4 is 66.8 Å². The second kappa shape index (κ2) is 8.27. The van der Waals surface area contributed by atoms with Gasteiger partial charge in [-0.1, -0.05) is 29.3 Å². The van der Waals surface area contributed by atoms with Crippen molar-refractivity contribution in [2.75, 3.05) is 10.0 Å². The molecule has 2 aromatic heterocycles. The summed E-state index contributed by atoms with van der Waals surface area (Å²) < 4.78 is 29.5. The summed E-state index contributed by atoms with van der Waals surface area (Å²) >= 11 is 13.5. The van der Waals surface area contributed by atoms with Gasteiger partial charge in [-0.25, -0.2) is 13.4 Å². The minimum absolute atomic E-state index is 0.0260. The molecule has 30 heavy (non-hydrogen) atoms.